The number of nitrogens with zero attached hydrogens (tertiary/aromatic N) is 2. The Morgan fingerprint density at radius 3 is 2.04 bits per heavy atom. The molecule has 1 unspecified atom stereocenters. The van der Waals surface area contributed by atoms with E-state index in [0.717, 1.165) is 0 Å². The summed E-state index contributed by atoms with van der Waals surface area (Å²) >= 11 is 0. The maximum absolute atomic E-state index is 2.80. The molecule has 2 heteroatoms. The largest absolute Gasteiger partial charge is 0.298 e. The summed E-state index contributed by atoms with van der Waals surface area (Å²) in [5, 5.41) is 0. The molecule has 1 aliphatic carbocycles. The van der Waals surface area contributed by atoms with Crippen LogP contribution in [0, 0.1) is 5.41 Å². The highest BCUT2D eigenvalue weighted by atomic mass is 15.3. The average molecular weight is 327 g/mol. The van der Waals surface area contributed by atoms with E-state index in [2.05, 4.69) is 60.9 Å². The van der Waals surface area contributed by atoms with Gasteiger partial charge < -0.3 is 0 Å². The molecule has 4 rings (SSSR count). The molecule has 3 aliphatic rings. The molecule has 0 radical (unpaired) electrons. The molecular formula is C22H34N2. The summed E-state index contributed by atoms with van der Waals surface area (Å²) in [7, 11) is 0. The molecule has 2 heterocycles. The number of piperidine rings is 1. The first-order valence-corrected chi connectivity index (χ1v) is 9.99. The lowest BCUT2D eigenvalue weighted by Crippen LogP contribution is -2.53. The van der Waals surface area contributed by atoms with Crippen molar-refractivity contribution in [2.45, 2.75) is 70.4 Å². The lowest BCUT2D eigenvalue weighted by molar-refractivity contribution is 0.000612. The summed E-state index contributed by atoms with van der Waals surface area (Å²) in [5.41, 5.74) is 2.84. The molecule has 1 aromatic rings. The minimum absolute atomic E-state index is 0.328. The van der Waals surface area contributed by atoms with Crippen molar-refractivity contribution >= 4 is 0 Å². The maximum Gasteiger partial charge on any atom is 0.0466 e. The second-order valence-electron chi connectivity index (χ2n) is 9.57. The van der Waals surface area contributed by atoms with Gasteiger partial charge in [0, 0.05) is 24.2 Å². The van der Waals surface area contributed by atoms with Crippen LogP contribution in [0.1, 0.15) is 64.9 Å². The van der Waals surface area contributed by atoms with Crippen LogP contribution in [0.5, 0.6) is 0 Å². The molecule has 0 N–H and O–H groups in total. The van der Waals surface area contributed by atoms with Crippen LogP contribution in [0.2, 0.25) is 0 Å². The zero-order valence-corrected chi connectivity index (χ0v) is 15.9. The highest BCUT2D eigenvalue weighted by Crippen LogP contribution is 2.58. The topological polar surface area (TPSA) is 6.48 Å². The predicted molar refractivity (Wildman–Crippen MR) is 101 cm³/mol. The van der Waals surface area contributed by atoms with Crippen LogP contribution in [-0.4, -0.2) is 41.5 Å². The fraction of sp³-hybridized carbons (Fsp3) is 0.727. The molecule has 0 amide bonds. The molecule has 2 aliphatic heterocycles. The van der Waals surface area contributed by atoms with Crippen molar-refractivity contribution in [3.8, 4) is 0 Å². The Morgan fingerprint density at radius 1 is 0.833 bits per heavy atom. The van der Waals surface area contributed by atoms with Crippen molar-refractivity contribution in [3.05, 3.63) is 35.9 Å². The van der Waals surface area contributed by atoms with Crippen molar-refractivity contribution < 1.29 is 0 Å². The first kappa shape index (κ1) is 16.6. The summed E-state index contributed by atoms with van der Waals surface area (Å²) in [5.74, 6) is 0. The minimum Gasteiger partial charge on any atom is -0.298 e. The number of likely N-dealkylation sites (tertiary alicyclic amines) is 2. The van der Waals surface area contributed by atoms with Crippen molar-refractivity contribution in [3.63, 3.8) is 0 Å². The second-order valence-corrected chi connectivity index (χ2v) is 9.57. The van der Waals surface area contributed by atoms with Crippen LogP contribution < -0.4 is 0 Å². The SMILES string of the molecule is CC(C)(C)N1CCC2(CC1)CCC(c1ccccc1)(N1CCC1)C2. The Morgan fingerprint density at radius 2 is 1.50 bits per heavy atom. The van der Waals surface area contributed by atoms with E-state index in [0.29, 0.717) is 16.5 Å². The zero-order valence-electron chi connectivity index (χ0n) is 15.9. The lowest BCUT2D eigenvalue weighted by atomic mass is 9.73. The van der Waals surface area contributed by atoms with Crippen LogP contribution >= 0.6 is 0 Å². The normalized spacial score (nSPS) is 31.3. The van der Waals surface area contributed by atoms with Crippen molar-refractivity contribution in [2.24, 2.45) is 5.41 Å². The molecule has 1 saturated carbocycles. The second kappa shape index (κ2) is 5.85. The molecule has 1 spiro atoms. The Hall–Kier alpha value is -0.860. The van der Waals surface area contributed by atoms with Gasteiger partial charge in [0.1, 0.15) is 0 Å². The van der Waals surface area contributed by atoms with Crippen molar-refractivity contribution in [2.75, 3.05) is 26.2 Å². The fourth-order valence-electron chi connectivity index (χ4n) is 5.54. The van der Waals surface area contributed by atoms with Crippen LogP contribution in [0.15, 0.2) is 30.3 Å². The van der Waals surface area contributed by atoms with Gasteiger partial charge >= 0.3 is 0 Å². The van der Waals surface area contributed by atoms with Crippen molar-refractivity contribution in [1.29, 1.82) is 0 Å². The molecule has 24 heavy (non-hydrogen) atoms. The molecule has 2 nitrogen and oxygen atoms in total. The number of hydrogen-bond donors (Lipinski definition) is 0. The van der Waals surface area contributed by atoms with Gasteiger partial charge in [-0.15, -0.1) is 0 Å². The number of hydrogen-bond acceptors (Lipinski definition) is 2. The monoisotopic (exact) mass is 326 g/mol. The minimum atomic E-state index is 0.328. The zero-order chi connectivity index (χ0) is 16.8. The number of rotatable bonds is 2. The molecule has 2 saturated heterocycles. The third-order valence-corrected chi connectivity index (χ3v) is 7.28. The van der Waals surface area contributed by atoms with Gasteiger partial charge in [-0.3, -0.25) is 9.80 Å². The maximum atomic E-state index is 2.80. The van der Waals surface area contributed by atoms with Gasteiger partial charge in [-0.25, -0.2) is 0 Å². The van der Waals surface area contributed by atoms with Gasteiger partial charge in [-0.05, 0) is 83.4 Å². The highest BCUT2D eigenvalue weighted by Gasteiger charge is 2.53. The Labute approximate surface area is 148 Å². The third-order valence-electron chi connectivity index (χ3n) is 7.28. The average Bonchev–Trinajstić information content (AvgIpc) is 2.86. The third kappa shape index (κ3) is 2.72. The van der Waals surface area contributed by atoms with Gasteiger partial charge in [0.15, 0.2) is 0 Å². The van der Waals surface area contributed by atoms with E-state index in [1.807, 2.05) is 0 Å². The van der Waals surface area contributed by atoms with E-state index < -0.39 is 0 Å². The van der Waals surface area contributed by atoms with Gasteiger partial charge in [-0.1, -0.05) is 30.3 Å². The molecule has 1 atom stereocenters. The predicted octanol–water partition coefficient (Wildman–Crippen LogP) is 4.65. The van der Waals surface area contributed by atoms with E-state index in [9.17, 15) is 0 Å². The van der Waals surface area contributed by atoms with Crippen molar-refractivity contribution in [1.82, 2.24) is 9.80 Å². The summed E-state index contributed by atoms with van der Waals surface area (Å²) < 4.78 is 0. The van der Waals surface area contributed by atoms with E-state index in [4.69, 9.17) is 0 Å². The Bertz CT molecular complexity index is 561. The summed E-state index contributed by atoms with van der Waals surface area (Å²) in [6.45, 7) is 12.3. The Kier molecular flexibility index (Phi) is 4.04. The molecule has 0 bridgehead atoms. The first-order valence-electron chi connectivity index (χ1n) is 9.99. The first-order chi connectivity index (χ1) is 11.4. The van der Waals surface area contributed by atoms with E-state index in [1.54, 1.807) is 5.56 Å². The smallest absolute Gasteiger partial charge is 0.0466 e. The van der Waals surface area contributed by atoms with E-state index in [1.165, 1.54) is 64.7 Å². The quantitative estimate of drug-likeness (QED) is 0.780. The molecule has 3 fully saturated rings. The van der Waals surface area contributed by atoms with Gasteiger partial charge in [0.25, 0.3) is 0 Å². The van der Waals surface area contributed by atoms with Gasteiger partial charge in [0.2, 0.25) is 0 Å². The Balaban J connectivity index is 1.55. The molecular weight excluding hydrogens is 292 g/mol. The van der Waals surface area contributed by atoms with E-state index >= 15 is 0 Å². The molecule has 0 aromatic heterocycles. The van der Waals surface area contributed by atoms with Crippen LogP contribution in [0.4, 0.5) is 0 Å². The molecule has 1 aromatic carbocycles. The van der Waals surface area contributed by atoms with Crippen LogP contribution in [-0.2, 0) is 5.54 Å². The fourth-order valence-corrected chi connectivity index (χ4v) is 5.54. The van der Waals surface area contributed by atoms with Crippen LogP contribution in [0.25, 0.3) is 0 Å². The van der Waals surface area contributed by atoms with E-state index in [-0.39, 0.29) is 0 Å². The summed E-state index contributed by atoms with van der Waals surface area (Å²) in [6.07, 6.45) is 8.36. The van der Waals surface area contributed by atoms with Gasteiger partial charge in [-0.2, -0.15) is 0 Å². The van der Waals surface area contributed by atoms with Crippen LogP contribution in [0.3, 0.4) is 0 Å². The lowest BCUT2D eigenvalue weighted by Gasteiger charge is -2.50. The molecule has 132 valence electrons. The standard InChI is InChI=1S/C22H34N2/c1-20(2,3)23-16-12-21(13-17-23)10-11-22(18-21,24-14-7-15-24)19-8-5-4-6-9-19/h4-6,8-9H,7,10-18H2,1-3H3. The van der Waals surface area contributed by atoms with Gasteiger partial charge in [0.05, 0.1) is 0 Å². The summed E-state index contributed by atoms with van der Waals surface area (Å²) in [6, 6.07) is 11.4. The summed E-state index contributed by atoms with van der Waals surface area (Å²) in [4.78, 5) is 5.50. The highest BCUT2D eigenvalue weighted by molar-refractivity contribution is 5.28. The number of benzene rings is 1.